The minimum Gasteiger partial charge on any atom is -0.302 e. The summed E-state index contributed by atoms with van der Waals surface area (Å²) in [4.78, 5) is 5.30. The van der Waals surface area contributed by atoms with Crippen LogP contribution in [-0.2, 0) is 9.84 Å². The van der Waals surface area contributed by atoms with Crippen LogP contribution < -0.4 is 0 Å². The molecular weight excluding hydrogens is 308 g/mol. The van der Waals surface area contributed by atoms with Crippen molar-refractivity contribution < 1.29 is 8.42 Å². The van der Waals surface area contributed by atoms with Gasteiger partial charge in [0.05, 0.1) is 10.6 Å². The fourth-order valence-corrected chi connectivity index (χ4v) is 5.30. The van der Waals surface area contributed by atoms with Gasteiger partial charge in [0.15, 0.2) is 9.84 Å². The standard InChI is InChI=1S/C18H28N2O2S/c1-16-6-8-18(9-7-16)23(21,22)15-17(20-12-4-5-13-20)14-19-10-2-3-11-19/h6-9,17H,2-5,10-15H2,1H3. The minimum absolute atomic E-state index is 0.127. The third-order valence-electron chi connectivity index (χ3n) is 5.12. The number of aryl methyl sites for hydroxylation is 1. The molecule has 4 nitrogen and oxygen atoms in total. The maximum atomic E-state index is 12.8. The van der Waals surface area contributed by atoms with E-state index in [4.69, 9.17) is 0 Å². The third kappa shape index (κ3) is 4.34. The van der Waals surface area contributed by atoms with Crippen molar-refractivity contribution in [2.24, 2.45) is 0 Å². The van der Waals surface area contributed by atoms with E-state index >= 15 is 0 Å². The van der Waals surface area contributed by atoms with Crippen molar-refractivity contribution in [3.8, 4) is 0 Å². The van der Waals surface area contributed by atoms with Crippen molar-refractivity contribution in [2.75, 3.05) is 38.5 Å². The first-order valence-corrected chi connectivity index (χ1v) is 10.5. The predicted octanol–water partition coefficient (Wildman–Crippen LogP) is 2.33. The van der Waals surface area contributed by atoms with Crippen LogP contribution in [0.25, 0.3) is 0 Å². The third-order valence-corrected chi connectivity index (χ3v) is 6.93. The van der Waals surface area contributed by atoms with Gasteiger partial charge in [0.2, 0.25) is 0 Å². The summed E-state index contributed by atoms with van der Waals surface area (Å²) in [5.41, 5.74) is 1.09. The Bertz CT molecular complexity index is 600. The van der Waals surface area contributed by atoms with Gasteiger partial charge < -0.3 is 4.90 Å². The fraction of sp³-hybridized carbons (Fsp3) is 0.667. The first kappa shape index (κ1) is 16.9. The number of hydrogen-bond acceptors (Lipinski definition) is 4. The van der Waals surface area contributed by atoms with Crippen LogP contribution in [0.5, 0.6) is 0 Å². The van der Waals surface area contributed by atoms with Crippen LogP contribution >= 0.6 is 0 Å². The molecule has 2 fully saturated rings. The molecule has 0 radical (unpaired) electrons. The molecule has 1 unspecified atom stereocenters. The molecule has 5 heteroatoms. The van der Waals surface area contributed by atoms with Crippen molar-refractivity contribution >= 4 is 9.84 Å². The van der Waals surface area contributed by atoms with E-state index in [2.05, 4.69) is 9.80 Å². The highest BCUT2D eigenvalue weighted by atomic mass is 32.2. The first-order chi connectivity index (χ1) is 11.0. The Morgan fingerprint density at radius 1 is 0.957 bits per heavy atom. The van der Waals surface area contributed by atoms with Crippen molar-refractivity contribution in [1.82, 2.24) is 9.80 Å². The molecule has 2 aliphatic rings. The van der Waals surface area contributed by atoms with Crippen molar-refractivity contribution in [2.45, 2.75) is 43.5 Å². The van der Waals surface area contributed by atoms with Crippen LogP contribution in [0.15, 0.2) is 29.2 Å². The van der Waals surface area contributed by atoms with Gasteiger partial charge in [-0.3, -0.25) is 4.90 Å². The van der Waals surface area contributed by atoms with Crippen LogP contribution in [0, 0.1) is 6.92 Å². The van der Waals surface area contributed by atoms with E-state index in [1.165, 1.54) is 25.7 Å². The van der Waals surface area contributed by atoms with E-state index in [-0.39, 0.29) is 11.8 Å². The summed E-state index contributed by atoms with van der Waals surface area (Å²) in [5, 5.41) is 0. The zero-order valence-corrected chi connectivity index (χ0v) is 14.9. The lowest BCUT2D eigenvalue weighted by Gasteiger charge is -2.31. The summed E-state index contributed by atoms with van der Waals surface area (Å²) in [6.45, 7) is 7.20. The lowest BCUT2D eigenvalue weighted by atomic mass is 10.2. The Hall–Kier alpha value is -0.910. The van der Waals surface area contributed by atoms with Gasteiger partial charge >= 0.3 is 0 Å². The van der Waals surface area contributed by atoms with Crippen LogP contribution in [0.2, 0.25) is 0 Å². The Morgan fingerprint density at radius 2 is 1.52 bits per heavy atom. The molecule has 0 saturated carbocycles. The zero-order valence-electron chi connectivity index (χ0n) is 14.1. The molecule has 0 bridgehead atoms. The smallest absolute Gasteiger partial charge is 0.179 e. The summed E-state index contributed by atoms with van der Waals surface area (Å²) >= 11 is 0. The van der Waals surface area contributed by atoms with Gasteiger partial charge in [-0.05, 0) is 70.9 Å². The van der Waals surface area contributed by atoms with Gasteiger partial charge in [0.1, 0.15) is 0 Å². The van der Waals surface area contributed by atoms with E-state index in [9.17, 15) is 8.42 Å². The van der Waals surface area contributed by atoms with Gasteiger partial charge in [-0.25, -0.2) is 8.42 Å². The molecule has 1 atom stereocenters. The summed E-state index contributed by atoms with van der Waals surface area (Å²) < 4.78 is 25.7. The lowest BCUT2D eigenvalue weighted by Crippen LogP contribution is -2.46. The second kappa shape index (κ2) is 7.32. The highest BCUT2D eigenvalue weighted by Crippen LogP contribution is 2.20. The number of hydrogen-bond donors (Lipinski definition) is 0. The largest absolute Gasteiger partial charge is 0.302 e. The quantitative estimate of drug-likeness (QED) is 0.799. The van der Waals surface area contributed by atoms with Gasteiger partial charge in [-0.15, -0.1) is 0 Å². The summed E-state index contributed by atoms with van der Waals surface area (Å²) in [5.74, 6) is 0.243. The van der Waals surface area contributed by atoms with Crippen molar-refractivity contribution in [3.05, 3.63) is 29.8 Å². The van der Waals surface area contributed by atoms with Crippen LogP contribution in [-0.4, -0.2) is 62.7 Å². The van der Waals surface area contributed by atoms with E-state index in [0.29, 0.717) is 4.90 Å². The summed E-state index contributed by atoms with van der Waals surface area (Å²) in [6.07, 6.45) is 4.89. The Labute approximate surface area is 140 Å². The topological polar surface area (TPSA) is 40.6 Å². The number of nitrogens with zero attached hydrogens (tertiary/aromatic N) is 2. The minimum atomic E-state index is -3.22. The number of sulfone groups is 1. The summed E-state index contributed by atoms with van der Waals surface area (Å²) in [6, 6.07) is 7.40. The average molecular weight is 337 g/mol. The molecule has 0 spiro atoms. The second-order valence-electron chi connectivity index (χ2n) is 7.00. The first-order valence-electron chi connectivity index (χ1n) is 8.80. The van der Waals surface area contributed by atoms with E-state index < -0.39 is 9.84 Å². The molecule has 0 aromatic heterocycles. The Morgan fingerprint density at radius 3 is 2.13 bits per heavy atom. The maximum Gasteiger partial charge on any atom is 0.179 e. The maximum absolute atomic E-state index is 12.8. The normalized spacial score (nSPS) is 21.8. The predicted molar refractivity (Wildman–Crippen MR) is 93.5 cm³/mol. The summed E-state index contributed by atoms with van der Waals surface area (Å²) in [7, 11) is -3.22. The van der Waals surface area contributed by atoms with Crippen molar-refractivity contribution in [1.29, 1.82) is 0 Å². The second-order valence-corrected chi connectivity index (χ2v) is 9.03. The fourth-order valence-electron chi connectivity index (χ4n) is 3.74. The molecule has 0 aliphatic carbocycles. The molecule has 3 rings (SSSR count). The lowest BCUT2D eigenvalue weighted by molar-refractivity contribution is 0.193. The number of benzene rings is 1. The molecule has 0 N–H and O–H groups in total. The molecule has 2 saturated heterocycles. The van der Waals surface area contributed by atoms with Crippen LogP contribution in [0.1, 0.15) is 31.2 Å². The highest BCUT2D eigenvalue weighted by Gasteiger charge is 2.30. The molecule has 1 aromatic rings. The zero-order chi connectivity index (χ0) is 16.3. The average Bonchev–Trinajstić information content (AvgIpc) is 3.20. The Kier molecular flexibility index (Phi) is 5.39. The van der Waals surface area contributed by atoms with E-state index in [1.807, 2.05) is 19.1 Å². The molecule has 2 aliphatic heterocycles. The molecule has 128 valence electrons. The molecule has 2 heterocycles. The SMILES string of the molecule is Cc1ccc(S(=O)(=O)CC(CN2CCCC2)N2CCCC2)cc1. The monoisotopic (exact) mass is 336 g/mol. The van der Waals surface area contributed by atoms with Gasteiger partial charge in [-0.2, -0.15) is 0 Å². The molecule has 0 amide bonds. The molecule has 23 heavy (non-hydrogen) atoms. The van der Waals surface area contributed by atoms with Crippen LogP contribution in [0.3, 0.4) is 0 Å². The highest BCUT2D eigenvalue weighted by molar-refractivity contribution is 7.91. The number of likely N-dealkylation sites (tertiary alicyclic amines) is 2. The van der Waals surface area contributed by atoms with Crippen molar-refractivity contribution in [3.63, 3.8) is 0 Å². The van der Waals surface area contributed by atoms with Gasteiger partial charge in [0, 0.05) is 12.6 Å². The molecular formula is C18H28N2O2S. The van der Waals surface area contributed by atoms with E-state index in [1.54, 1.807) is 12.1 Å². The van der Waals surface area contributed by atoms with E-state index in [0.717, 1.165) is 38.3 Å². The Balaban J connectivity index is 1.74. The van der Waals surface area contributed by atoms with Gasteiger partial charge in [-0.1, -0.05) is 17.7 Å². The van der Waals surface area contributed by atoms with Gasteiger partial charge in [0.25, 0.3) is 0 Å². The number of rotatable bonds is 6. The molecule has 1 aromatic carbocycles. The van der Waals surface area contributed by atoms with Crippen LogP contribution in [0.4, 0.5) is 0 Å².